The highest BCUT2D eigenvalue weighted by molar-refractivity contribution is 6.75. The highest BCUT2D eigenvalue weighted by atomic mass is 28.4. The lowest BCUT2D eigenvalue weighted by Gasteiger charge is -2.47. The Balaban J connectivity index is 3.87. The number of allylic oxidation sites excluding steroid dienone is 3. The molecule has 1 aliphatic rings. The van der Waals surface area contributed by atoms with Crippen molar-refractivity contribution < 1.29 is 36.8 Å². The zero-order valence-electron chi connectivity index (χ0n) is 50.4. The summed E-state index contributed by atoms with van der Waals surface area (Å²) >= 11 is 0. The van der Waals surface area contributed by atoms with Crippen LogP contribution in [0.3, 0.4) is 0 Å². The molecule has 0 aromatic carbocycles. The summed E-state index contributed by atoms with van der Waals surface area (Å²) in [7, 11) is -8.99. The van der Waals surface area contributed by atoms with Gasteiger partial charge in [0.2, 0.25) is 0 Å². The van der Waals surface area contributed by atoms with Gasteiger partial charge in [-0.15, -0.1) is 0 Å². The number of carbonyl (C=O) groups is 2. The summed E-state index contributed by atoms with van der Waals surface area (Å²) in [6.07, 6.45) is 11.5. The first-order valence-electron chi connectivity index (χ1n) is 26.8. The maximum absolute atomic E-state index is 13.6. The Hall–Kier alpha value is -1.59. The van der Waals surface area contributed by atoms with Crippen LogP contribution in [0.5, 0.6) is 0 Å². The van der Waals surface area contributed by atoms with Crippen LogP contribution < -0.4 is 5.73 Å². The van der Waals surface area contributed by atoms with E-state index in [9.17, 15) is 9.59 Å². The van der Waals surface area contributed by atoms with E-state index in [0.717, 1.165) is 6.42 Å². The molecule has 1 fully saturated rings. The third kappa shape index (κ3) is 18.7. The molecule has 9 nitrogen and oxygen atoms in total. The number of nitrogens with two attached hydrogens (primary N) is 1. The SMILES string of the molecule is C=C/C=C\[C@@H](C)[C@@H](OC(N)=O)[C@@H](C)[C@H](O[Si](C)(C)C(C)(C)C)[C@@H](C)C/C(C)=C\[C@H](C)[C@@H](O[Si](C)(C)C(C)(C)C)[C@@H](C)/C=C\[C@H](C[C@@H]1OC(=O)[C@H](C)[C@@H](O[Si](C)(C)C(C)(C)C)[C@H]1C)O[Si](C)(C)C(C)(C)C. The molecule has 408 valence electrons. The molecule has 0 spiro atoms. The molecular weight excluding hydrogens is 939 g/mol. The lowest BCUT2D eigenvalue weighted by atomic mass is 9.81. The summed E-state index contributed by atoms with van der Waals surface area (Å²) in [5, 5.41) is -0.0310. The fraction of sp³-hybridized carbons (Fsp3) is 0.825. The molecule has 70 heavy (non-hydrogen) atoms. The van der Waals surface area contributed by atoms with Gasteiger partial charge in [0, 0.05) is 24.2 Å². The van der Waals surface area contributed by atoms with Gasteiger partial charge in [-0.25, -0.2) is 4.79 Å². The van der Waals surface area contributed by atoms with Crippen molar-refractivity contribution in [2.75, 3.05) is 0 Å². The molecule has 1 saturated heterocycles. The van der Waals surface area contributed by atoms with Crippen molar-refractivity contribution in [3.63, 3.8) is 0 Å². The molecule has 0 aromatic heterocycles. The maximum Gasteiger partial charge on any atom is 0.404 e. The van der Waals surface area contributed by atoms with E-state index in [1.165, 1.54) is 5.57 Å². The van der Waals surface area contributed by atoms with Crippen molar-refractivity contribution in [3.8, 4) is 0 Å². The molecule has 1 amide bonds. The second-order valence-electron chi connectivity index (χ2n) is 27.8. The van der Waals surface area contributed by atoms with E-state index in [2.05, 4.69) is 209 Å². The minimum Gasteiger partial charge on any atom is -0.462 e. The van der Waals surface area contributed by atoms with Gasteiger partial charge in [-0.05, 0) is 111 Å². The van der Waals surface area contributed by atoms with Gasteiger partial charge in [-0.3, -0.25) is 4.79 Å². The van der Waals surface area contributed by atoms with Gasteiger partial charge in [0.05, 0.1) is 30.3 Å². The highest BCUT2D eigenvalue weighted by Gasteiger charge is 2.50. The molecule has 1 heterocycles. The average molecular weight is 1050 g/mol. The summed E-state index contributed by atoms with van der Waals surface area (Å²) in [5.41, 5.74) is 6.98. The standard InChI is InChI=1S/C57H111NO8Si4/c1-30-31-32-39(3)49(62-53(58)60)44(8)50(65-69(26,27)56(16,17)18)42(6)36-38(2)35-41(5)48(64-68(24,25)55(13,14)15)40(4)33-34-46(63-67(22,23)54(10,11)12)37-47-43(7)51(45(9)52(59)61-47)66-70(28,29)57(19,20)21/h30-35,39-51H,1,36-37H2,2-29H3,(H2,58,60)/b32-31-,34-33-,38-35-/t39-,40+,41+,42+,43+,44-,45-,46-,47+,48+,49-,50-,51+/m1/s1. The topological polar surface area (TPSA) is 116 Å². The summed E-state index contributed by atoms with van der Waals surface area (Å²) < 4.78 is 41.3. The van der Waals surface area contributed by atoms with Crippen LogP contribution in [-0.4, -0.2) is 82.0 Å². The Labute approximate surface area is 436 Å². The average Bonchev–Trinajstić information content (AvgIpc) is 3.17. The maximum atomic E-state index is 13.6. The second-order valence-corrected chi connectivity index (χ2v) is 46.9. The summed E-state index contributed by atoms with van der Waals surface area (Å²) in [5.74, 6) is -0.587. The van der Waals surface area contributed by atoms with Crippen LogP contribution in [0.1, 0.15) is 151 Å². The van der Waals surface area contributed by atoms with Gasteiger partial charge in [0.15, 0.2) is 33.3 Å². The number of amides is 1. The lowest BCUT2D eigenvalue weighted by molar-refractivity contribution is -0.177. The molecule has 0 saturated carbocycles. The van der Waals surface area contributed by atoms with Crippen LogP contribution in [0, 0.1) is 41.4 Å². The Morgan fingerprint density at radius 1 is 0.671 bits per heavy atom. The van der Waals surface area contributed by atoms with E-state index in [1.54, 1.807) is 6.08 Å². The van der Waals surface area contributed by atoms with Gasteiger partial charge >= 0.3 is 12.1 Å². The quantitative estimate of drug-likeness (QED) is 0.0440. The minimum absolute atomic E-state index is 0.00252. The van der Waals surface area contributed by atoms with Crippen LogP contribution in [0.25, 0.3) is 0 Å². The molecule has 0 aliphatic carbocycles. The first-order chi connectivity index (χ1) is 31.2. The molecule has 0 radical (unpaired) electrons. The molecule has 13 heteroatoms. The third-order valence-corrected chi connectivity index (χ3v) is 35.4. The monoisotopic (exact) mass is 1050 g/mol. The molecule has 1 aliphatic heterocycles. The summed E-state index contributed by atoms with van der Waals surface area (Å²) in [4.78, 5) is 26.0. The molecule has 2 N–H and O–H groups in total. The van der Waals surface area contributed by atoms with E-state index in [0.29, 0.717) is 6.42 Å². The third-order valence-electron chi connectivity index (χ3n) is 17.4. The van der Waals surface area contributed by atoms with Gasteiger partial charge < -0.3 is 32.9 Å². The Morgan fingerprint density at radius 3 is 1.56 bits per heavy atom. The van der Waals surface area contributed by atoms with Crippen molar-refractivity contribution in [3.05, 3.63) is 48.6 Å². The zero-order valence-corrected chi connectivity index (χ0v) is 54.4. The molecule has 13 atom stereocenters. The van der Waals surface area contributed by atoms with Crippen molar-refractivity contribution in [2.24, 2.45) is 47.2 Å². The van der Waals surface area contributed by atoms with Crippen molar-refractivity contribution in [1.82, 2.24) is 0 Å². The van der Waals surface area contributed by atoms with Crippen LogP contribution >= 0.6 is 0 Å². The number of ether oxygens (including phenoxy) is 2. The van der Waals surface area contributed by atoms with Crippen LogP contribution in [-0.2, 0) is 32.0 Å². The Bertz CT molecular complexity index is 1780. The fourth-order valence-electron chi connectivity index (χ4n) is 8.60. The number of rotatable bonds is 24. The van der Waals surface area contributed by atoms with E-state index >= 15 is 0 Å². The molecular formula is C57H111NO8Si4. The number of primary amides is 1. The smallest absolute Gasteiger partial charge is 0.404 e. The fourth-order valence-corrected chi connectivity index (χ4v) is 14.3. The van der Waals surface area contributed by atoms with Gasteiger partial charge in [-0.1, -0.05) is 173 Å². The number of hydrogen-bond acceptors (Lipinski definition) is 8. The van der Waals surface area contributed by atoms with E-state index in [-0.39, 0.29) is 98.1 Å². The summed E-state index contributed by atoms with van der Waals surface area (Å²) in [6.45, 7) is 66.9. The number of hydrogen-bond donors (Lipinski definition) is 1. The summed E-state index contributed by atoms with van der Waals surface area (Å²) in [6, 6.07) is 0. The molecule has 0 bridgehead atoms. The van der Waals surface area contributed by atoms with Crippen molar-refractivity contribution >= 4 is 45.3 Å². The van der Waals surface area contributed by atoms with Crippen LogP contribution in [0.15, 0.2) is 48.6 Å². The second kappa shape index (κ2) is 25.3. The highest BCUT2D eigenvalue weighted by Crippen LogP contribution is 2.45. The number of esters is 1. The van der Waals surface area contributed by atoms with Gasteiger partial charge in [0.1, 0.15) is 12.2 Å². The predicted molar refractivity (Wildman–Crippen MR) is 308 cm³/mol. The van der Waals surface area contributed by atoms with E-state index in [4.69, 9.17) is 32.9 Å². The normalized spacial score (nSPS) is 23.8. The van der Waals surface area contributed by atoms with E-state index < -0.39 is 45.5 Å². The molecule has 1 rings (SSSR count). The number of carbonyl (C=O) groups excluding carboxylic acids is 2. The number of cyclic esters (lactones) is 1. The van der Waals surface area contributed by atoms with Crippen molar-refractivity contribution in [1.29, 1.82) is 0 Å². The first kappa shape index (κ1) is 66.4. The predicted octanol–water partition coefficient (Wildman–Crippen LogP) is 16.4. The van der Waals surface area contributed by atoms with Crippen LogP contribution in [0.2, 0.25) is 72.5 Å². The largest absolute Gasteiger partial charge is 0.462 e. The molecule has 0 aromatic rings. The van der Waals surface area contributed by atoms with Crippen LogP contribution in [0.4, 0.5) is 4.79 Å². The Morgan fingerprint density at radius 2 is 1.11 bits per heavy atom. The Kier molecular flexibility index (Phi) is 24.0. The van der Waals surface area contributed by atoms with Crippen molar-refractivity contribution in [2.45, 2.75) is 260 Å². The molecule has 0 unspecified atom stereocenters. The van der Waals surface area contributed by atoms with Gasteiger partial charge in [0.25, 0.3) is 0 Å². The van der Waals surface area contributed by atoms with Gasteiger partial charge in [-0.2, -0.15) is 0 Å². The minimum atomic E-state index is -2.27. The first-order valence-corrected chi connectivity index (χ1v) is 38.4. The van der Waals surface area contributed by atoms with E-state index in [1.807, 2.05) is 19.1 Å². The lowest BCUT2D eigenvalue weighted by Crippen LogP contribution is -2.55. The zero-order chi connectivity index (χ0) is 55.1.